The van der Waals surface area contributed by atoms with E-state index in [-0.39, 0.29) is 21.6 Å². The number of hydrogen-bond donors (Lipinski definition) is 1. The predicted molar refractivity (Wildman–Crippen MR) is 96.6 cm³/mol. The minimum absolute atomic E-state index is 0.0751. The number of pyridine rings is 1. The molecule has 0 saturated carbocycles. The first-order valence-corrected chi connectivity index (χ1v) is 9.06. The molecule has 0 unspecified atom stereocenters. The van der Waals surface area contributed by atoms with Gasteiger partial charge in [0.15, 0.2) is 5.03 Å². The molecule has 28 heavy (non-hydrogen) atoms. The van der Waals surface area contributed by atoms with E-state index in [9.17, 15) is 18.0 Å². The van der Waals surface area contributed by atoms with Crippen LogP contribution in [0.4, 0.5) is 10.7 Å². The molecule has 2 aromatic heterocycles. The number of carbonyl (C=O) groups is 2. The minimum Gasteiger partial charge on any atom is -0.481 e. The quantitative estimate of drug-likeness (QED) is 0.684. The van der Waals surface area contributed by atoms with Gasteiger partial charge in [0.2, 0.25) is 11.8 Å². The Morgan fingerprint density at radius 2 is 1.68 bits per heavy atom. The first-order chi connectivity index (χ1) is 13.1. The molecule has 0 fully saturated rings. The Kier molecular flexibility index (Phi) is 5.98. The summed E-state index contributed by atoms with van der Waals surface area (Å²) in [5, 5.41) is -0.683. The lowest BCUT2D eigenvalue weighted by Gasteiger charge is -2.20. The van der Waals surface area contributed by atoms with Crippen molar-refractivity contribution in [2.24, 2.45) is 5.73 Å². The molecule has 0 saturated heterocycles. The van der Waals surface area contributed by atoms with Crippen molar-refractivity contribution in [3.05, 3.63) is 30.0 Å². The van der Waals surface area contributed by atoms with E-state index in [0.717, 1.165) is 11.1 Å². The number of ether oxygens (including phenoxy) is 2. The van der Waals surface area contributed by atoms with Gasteiger partial charge in [-0.05, 0) is 12.1 Å². The normalized spacial score (nSPS) is 10.9. The zero-order valence-electron chi connectivity index (χ0n) is 15.5. The molecule has 13 heteroatoms. The molecule has 0 aliphatic rings. The molecule has 0 aliphatic carbocycles. The Hall–Kier alpha value is -3.48. The van der Waals surface area contributed by atoms with Crippen molar-refractivity contribution >= 4 is 27.9 Å². The molecular formula is C15H18N6O6S. The van der Waals surface area contributed by atoms with Crippen molar-refractivity contribution in [2.75, 3.05) is 32.6 Å². The zero-order valence-corrected chi connectivity index (χ0v) is 16.3. The first kappa shape index (κ1) is 20.8. The summed E-state index contributed by atoms with van der Waals surface area (Å²) in [6, 6.07) is 2.50. The van der Waals surface area contributed by atoms with E-state index in [1.54, 1.807) is 0 Å². The maximum absolute atomic E-state index is 13.2. The molecule has 150 valence electrons. The second-order valence-electron chi connectivity index (χ2n) is 5.42. The van der Waals surface area contributed by atoms with Crippen LogP contribution in [0.25, 0.3) is 0 Å². The first-order valence-electron chi connectivity index (χ1n) is 7.62. The van der Waals surface area contributed by atoms with E-state index < -0.39 is 32.9 Å². The van der Waals surface area contributed by atoms with Crippen molar-refractivity contribution in [1.82, 2.24) is 19.9 Å². The van der Waals surface area contributed by atoms with E-state index in [4.69, 9.17) is 15.2 Å². The lowest BCUT2D eigenvalue weighted by Crippen LogP contribution is -2.43. The summed E-state index contributed by atoms with van der Waals surface area (Å²) in [5.41, 5.74) is 5.03. The summed E-state index contributed by atoms with van der Waals surface area (Å²) >= 11 is 0. The number of urea groups is 1. The highest BCUT2D eigenvalue weighted by Gasteiger charge is 2.37. The molecule has 0 bridgehead atoms. The van der Waals surface area contributed by atoms with E-state index >= 15 is 0 Å². The Morgan fingerprint density at radius 1 is 1.11 bits per heavy atom. The van der Waals surface area contributed by atoms with E-state index in [1.807, 2.05) is 0 Å². The number of nitrogens with zero attached hydrogens (tertiary/aromatic N) is 5. The average Bonchev–Trinajstić information content (AvgIpc) is 2.66. The number of aromatic nitrogens is 3. The number of amides is 3. The van der Waals surface area contributed by atoms with Crippen LogP contribution in [0.3, 0.4) is 0 Å². The molecule has 2 heterocycles. The average molecular weight is 410 g/mol. The van der Waals surface area contributed by atoms with Crippen LogP contribution in [-0.2, 0) is 10.0 Å². The Labute approximate surface area is 161 Å². The van der Waals surface area contributed by atoms with Gasteiger partial charge in [-0.3, -0.25) is 4.79 Å². The fraction of sp³-hybridized carbons (Fsp3) is 0.267. The van der Waals surface area contributed by atoms with Crippen molar-refractivity contribution in [3.63, 3.8) is 0 Å². The van der Waals surface area contributed by atoms with Gasteiger partial charge in [0.25, 0.3) is 21.9 Å². The highest BCUT2D eigenvalue weighted by Crippen LogP contribution is 2.26. The Morgan fingerprint density at radius 3 is 2.14 bits per heavy atom. The molecule has 0 aliphatic heterocycles. The van der Waals surface area contributed by atoms with Gasteiger partial charge < -0.3 is 20.1 Å². The number of anilines is 1. The van der Waals surface area contributed by atoms with Crippen molar-refractivity contribution in [1.29, 1.82) is 0 Å². The molecule has 12 nitrogen and oxygen atoms in total. The maximum Gasteiger partial charge on any atom is 0.336 e. The summed E-state index contributed by atoms with van der Waals surface area (Å²) in [6.45, 7) is 0. The number of sulfonamides is 1. The largest absolute Gasteiger partial charge is 0.481 e. The molecule has 0 atom stereocenters. The molecule has 0 radical (unpaired) electrons. The zero-order chi connectivity index (χ0) is 21.1. The SMILES string of the molecule is COc1cc(OC)nc(N(C(N)=O)S(=O)(=O)c2ncccc2C(=O)N(C)C)n1. The van der Waals surface area contributed by atoms with Gasteiger partial charge in [0.05, 0.1) is 25.8 Å². The fourth-order valence-electron chi connectivity index (χ4n) is 2.10. The molecule has 2 N–H and O–H groups in total. The standard InChI is InChI=1S/C15H18N6O6S/c1-20(2)13(22)9-6-5-7-17-12(9)28(24,25)21(14(16)23)15-18-10(26-3)8-11(19-15)27-4/h5-8H,1-4H3,(H2,16,23). The van der Waals surface area contributed by atoms with Gasteiger partial charge in [0, 0.05) is 20.3 Å². The Balaban J connectivity index is 2.72. The van der Waals surface area contributed by atoms with Crippen LogP contribution < -0.4 is 19.5 Å². The summed E-state index contributed by atoms with van der Waals surface area (Å²) in [5.74, 6) is -1.42. The van der Waals surface area contributed by atoms with Crippen molar-refractivity contribution in [3.8, 4) is 11.8 Å². The van der Waals surface area contributed by atoms with Gasteiger partial charge in [-0.15, -0.1) is 4.31 Å². The van der Waals surface area contributed by atoms with Crippen molar-refractivity contribution in [2.45, 2.75) is 5.03 Å². The van der Waals surface area contributed by atoms with Crippen LogP contribution in [0.5, 0.6) is 11.8 Å². The van der Waals surface area contributed by atoms with Crippen LogP contribution in [0.15, 0.2) is 29.4 Å². The second kappa shape index (κ2) is 8.04. The topological polar surface area (TPSA) is 158 Å². The van der Waals surface area contributed by atoms with Gasteiger partial charge in [-0.25, -0.2) is 9.78 Å². The van der Waals surface area contributed by atoms with E-state index in [0.29, 0.717) is 0 Å². The van der Waals surface area contributed by atoms with E-state index in [1.165, 1.54) is 46.5 Å². The van der Waals surface area contributed by atoms with Gasteiger partial charge >= 0.3 is 6.03 Å². The highest BCUT2D eigenvalue weighted by molar-refractivity contribution is 7.93. The maximum atomic E-state index is 13.2. The summed E-state index contributed by atoms with van der Waals surface area (Å²) in [4.78, 5) is 37.0. The number of hydrogen-bond acceptors (Lipinski definition) is 9. The van der Waals surface area contributed by atoms with Crippen LogP contribution >= 0.6 is 0 Å². The third-order valence-corrected chi connectivity index (χ3v) is 5.00. The monoisotopic (exact) mass is 410 g/mol. The van der Waals surface area contributed by atoms with Gasteiger partial charge in [-0.2, -0.15) is 18.4 Å². The van der Waals surface area contributed by atoms with Crippen LogP contribution in [-0.4, -0.2) is 68.5 Å². The third kappa shape index (κ3) is 3.93. The van der Waals surface area contributed by atoms with Crippen molar-refractivity contribution < 1.29 is 27.5 Å². The summed E-state index contributed by atoms with van der Waals surface area (Å²) in [7, 11) is 0.686. The molecular weight excluding hydrogens is 392 g/mol. The number of nitrogens with two attached hydrogens (primary N) is 1. The molecule has 0 spiro atoms. The lowest BCUT2D eigenvalue weighted by atomic mass is 10.2. The number of rotatable bonds is 6. The predicted octanol–water partition coefficient (Wildman–Crippen LogP) is -0.135. The lowest BCUT2D eigenvalue weighted by molar-refractivity contribution is 0.0823. The summed E-state index contributed by atoms with van der Waals surface area (Å²) < 4.78 is 36.3. The van der Waals surface area contributed by atoms with Crippen LogP contribution in [0, 0.1) is 0 Å². The van der Waals surface area contributed by atoms with E-state index in [2.05, 4.69) is 15.0 Å². The Bertz CT molecular complexity index is 988. The number of carbonyl (C=O) groups excluding carboxylic acids is 2. The molecule has 2 aromatic rings. The highest BCUT2D eigenvalue weighted by atomic mass is 32.2. The number of primary amides is 1. The molecule has 2 rings (SSSR count). The van der Waals surface area contributed by atoms with Gasteiger partial charge in [0.1, 0.15) is 0 Å². The fourth-order valence-corrected chi connectivity index (χ4v) is 3.44. The van der Waals surface area contributed by atoms with Crippen LogP contribution in [0.1, 0.15) is 10.4 Å². The number of methoxy groups -OCH3 is 2. The second-order valence-corrected chi connectivity index (χ2v) is 7.12. The minimum atomic E-state index is -4.75. The van der Waals surface area contributed by atoms with Crippen LogP contribution in [0.2, 0.25) is 0 Å². The molecule has 3 amide bonds. The molecule has 0 aromatic carbocycles. The third-order valence-electron chi connectivity index (χ3n) is 3.36. The smallest absolute Gasteiger partial charge is 0.336 e. The summed E-state index contributed by atoms with van der Waals surface area (Å²) in [6.07, 6.45) is 1.16. The van der Waals surface area contributed by atoms with Gasteiger partial charge in [-0.1, -0.05) is 0 Å².